The van der Waals surface area contributed by atoms with Crippen LogP contribution in [0.4, 0.5) is 0 Å². The average molecular weight is 301 g/mol. The van der Waals surface area contributed by atoms with Crippen molar-refractivity contribution in [2.45, 2.75) is 37.3 Å². The lowest BCUT2D eigenvalue weighted by Gasteiger charge is -2.23. The fraction of sp³-hybridized carbons (Fsp3) is 0.692. The second kappa shape index (κ2) is 6.26. The summed E-state index contributed by atoms with van der Waals surface area (Å²) in [6.45, 7) is 4.37. The van der Waals surface area contributed by atoms with E-state index in [1.54, 1.807) is 11.6 Å². The van der Waals surface area contributed by atoms with Crippen molar-refractivity contribution in [1.29, 1.82) is 0 Å². The maximum Gasteiger partial charge on any atom is 0.242 e. The van der Waals surface area contributed by atoms with Gasteiger partial charge in [-0.25, -0.2) is 13.1 Å². The van der Waals surface area contributed by atoms with Gasteiger partial charge in [-0.3, -0.25) is 4.90 Å². The lowest BCUT2D eigenvalue weighted by atomic mass is 10.3. The predicted molar refractivity (Wildman–Crippen MR) is 76.8 cm³/mol. The van der Waals surface area contributed by atoms with Gasteiger partial charge in [-0.2, -0.15) is 0 Å². The van der Waals surface area contributed by atoms with Crippen LogP contribution in [-0.4, -0.2) is 48.7 Å². The van der Waals surface area contributed by atoms with Gasteiger partial charge >= 0.3 is 0 Å². The Morgan fingerprint density at radius 1 is 1.40 bits per heavy atom. The number of nitrogens with one attached hydrogen (secondary N) is 1. The zero-order chi connectivity index (χ0) is 14.8. The highest BCUT2D eigenvalue weighted by molar-refractivity contribution is 7.89. The van der Waals surface area contributed by atoms with Crippen molar-refractivity contribution in [1.82, 2.24) is 14.2 Å². The van der Waals surface area contributed by atoms with E-state index in [2.05, 4.69) is 9.62 Å². The van der Waals surface area contributed by atoms with Gasteiger partial charge < -0.3 is 9.67 Å². The predicted octanol–water partition coefficient (Wildman–Crippen LogP) is 0.280. The van der Waals surface area contributed by atoms with Crippen LogP contribution < -0.4 is 4.72 Å². The third kappa shape index (κ3) is 3.41. The molecule has 7 heteroatoms. The fourth-order valence-corrected chi connectivity index (χ4v) is 3.72. The van der Waals surface area contributed by atoms with Crippen molar-refractivity contribution in [2.75, 3.05) is 19.6 Å². The number of nitrogens with zero attached hydrogens (tertiary/aromatic N) is 2. The van der Waals surface area contributed by atoms with Crippen LogP contribution in [0.3, 0.4) is 0 Å². The normalized spacial score (nSPS) is 18.6. The highest BCUT2D eigenvalue weighted by Gasteiger charge is 2.22. The molecule has 0 bridgehead atoms. The molecule has 1 aliphatic heterocycles. The van der Waals surface area contributed by atoms with Crippen LogP contribution >= 0.6 is 0 Å². The van der Waals surface area contributed by atoms with E-state index in [1.807, 2.05) is 6.92 Å². The van der Waals surface area contributed by atoms with E-state index in [-0.39, 0.29) is 17.5 Å². The van der Waals surface area contributed by atoms with Crippen LogP contribution in [0.1, 0.15) is 25.5 Å². The van der Waals surface area contributed by atoms with Crippen molar-refractivity contribution in [3.8, 4) is 0 Å². The summed E-state index contributed by atoms with van der Waals surface area (Å²) in [5.74, 6) is 0. The summed E-state index contributed by atoms with van der Waals surface area (Å²) in [5, 5.41) is 9.12. The minimum atomic E-state index is -3.51. The highest BCUT2D eigenvalue weighted by Crippen LogP contribution is 2.15. The van der Waals surface area contributed by atoms with Crippen molar-refractivity contribution in [3.63, 3.8) is 0 Å². The van der Waals surface area contributed by atoms with Crippen LogP contribution in [0.5, 0.6) is 0 Å². The molecule has 2 rings (SSSR count). The summed E-state index contributed by atoms with van der Waals surface area (Å²) < 4.78 is 28.7. The van der Waals surface area contributed by atoms with Gasteiger partial charge in [-0.15, -0.1) is 0 Å². The summed E-state index contributed by atoms with van der Waals surface area (Å²) in [6, 6.07) is 1.70. The quantitative estimate of drug-likeness (QED) is 0.791. The molecule has 1 saturated heterocycles. The molecule has 1 aromatic heterocycles. The molecule has 20 heavy (non-hydrogen) atoms. The van der Waals surface area contributed by atoms with Crippen LogP contribution in [0, 0.1) is 0 Å². The molecule has 114 valence electrons. The summed E-state index contributed by atoms with van der Waals surface area (Å²) in [4.78, 5) is 2.50. The van der Waals surface area contributed by atoms with Gasteiger partial charge in [0.05, 0.1) is 11.5 Å². The molecule has 0 aromatic carbocycles. The second-order valence-corrected chi connectivity index (χ2v) is 7.15. The Hall–Kier alpha value is -0.890. The number of aliphatic hydroxyl groups excluding tert-OH is 1. The number of aromatic nitrogens is 1. The fourth-order valence-electron chi connectivity index (χ4n) is 2.51. The van der Waals surface area contributed by atoms with Crippen molar-refractivity contribution in [2.24, 2.45) is 7.05 Å². The van der Waals surface area contributed by atoms with E-state index in [4.69, 9.17) is 5.11 Å². The first kappa shape index (κ1) is 15.5. The van der Waals surface area contributed by atoms with Crippen LogP contribution in [0.25, 0.3) is 0 Å². The summed E-state index contributed by atoms with van der Waals surface area (Å²) >= 11 is 0. The molecule has 0 saturated carbocycles. The Bertz CT molecular complexity index is 547. The number of aliphatic hydroxyl groups is 1. The largest absolute Gasteiger partial charge is 0.390 e. The molecular weight excluding hydrogens is 278 g/mol. The van der Waals surface area contributed by atoms with E-state index in [0.29, 0.717) is 12.2 Å². The van der Waals surface area contributed by atoms with Crippen LogP contribution in [0.2, 0.25) is 0 Å². The molecule has 2 N–H and O–H groups in total. The number of hydrogen-bond acceptors (Lipinski definition) is 4. The van der Waals surface area contributed by atoms with E-state index < -0.39 is 10.0 Å². The Balaban J connectivity index is 1.99. The zero-order valence-electron chi connectivity index (χ0n) is 12.0. The molecular formula is C13H23N3O3S. The van der Waals surface area contributed by atoms with E-state index in [9.17, 15) is 8.42 Å². The lowest BCUT2D eigenvalue weighted by molar-refractivity contribution is 0.260. The Morgan fingerprint density at radius 3 is 2.60 bits per heavy atom. The Kier molecular flexibility index (Phi) is 4.85. The molecule has 6 nitrogen and oxygen atoms in total. The first-order valence-corrected chi connectivity index (χ1v) is 8.42. The van der Waals surface area contributed by atoms with Gasteiger partial charge in [-0.05, 0) is 38.9 Å². The third-order valence-electron chi connectivity index (χ3n) is 3.89. The van der Waals surface area contributed by atoms with Gasteiger partial charge in [-0.1, -0.05) is 0 Å². The van der Waals surface area contributed by atoms with E-state index in [1.165, 1.54) is 25.1 Å². The Morgan fingerprint density at radius 2 is 2.05 bits per heavy atom. The van der Waals surface area contributed by atoms with Crippen LogP contribution in [0.15, 0.2) is 17.2 Å². The molecule has 1 aromatic rings. The van der Waals surface area contributed by atoms with E-state index >= 15 is 0 Å². The number of hydrogen-bond donors (Lipinski definition) is 2. The monoisotopic (exact) mass is 301 g/mol. The second-order valence-electron chi connectivity index (χ2n) is 5.38. The van der Waals surface area contributed by atoms with Crippen molar-refractivity contribution in [3.05, 3.63) is 18.0 Å². The minimum Gasteiger partial charge on any atom is -0.390 e. The molecule has 2 heterocycles. The maximum absolute atomic E-state index is 12.2. The molecule has 1 unspecified atom stereocenters. The summed E-state index contributed by atoms with van der Waals surface area (Å²) in [7, 11) is -1.79. The molecule has 0 amide bonds. The van der Waals surface area contributed by atoms with Gasteiger partial charge in [0.1, 0.15) is 0 Å². The van der Waals surface area contributed by atoms with Gasteiger partial charge in [0, 0.05) is 31.5 Å². The molecule has 0 aliphatic carbocycles. The molecule has 1 aliphatic rings. The van der Waals surface area contributed by atoms with Gasteiger partial charge in [0.15, 0.2) is 0 Å². The van der Waals surface area contributed by atoms with Gasteiger partial charge in [0.25, 0.3) is 0 Å². The highest BCUT2D eigenvalue weighted by atomic mass is 32.2. The first-order chi connectivity index (χ1) is 9.44. The number of aryl methyl sites for hydroxylation is 1. The van der Waals surface area contributed by atoms with E-state index in [0.717, 1.165) is 13.1 Å². The lowest BCUT2D eigenvalue weighted by Crippen LogP contribution is -2.40. The zero-order valence-corrected chi connectivity index (χ0v) is 12.9. The van der Waals surface area contributed by atoms with Crippen molar-refractivity contribution < 1.29 is 13.5 Å². The number of rotatable bonds is 6. The Labute approximate surface area is 120 Å². The van der Waals surface area contributed by atoms with Gasteiger partial charge in [0.2, 0.25) is 10.0 Å². The third-order valence-corrected chi connectivity index (χ3v) is 5.28. The van der Waals surface area contributed by atoms with Crippen LogP contribution in [-0.2, 0) is 23.7 Å². The molecule has 1 atom stereocenters. The van der Waals surface area contributed by atoms with Crippen molar-refractivity contribution >= 4 is 10.0 Å². The first-order valence-electron chi connectivity index (χ1n) is 6.94. The summed E-state index contributed by atoms with van der Waals surface area (Å²) in [6.07, 6.45) is 3.90. The smallest absolute Gasteiger partial charge is 0.242 e. The maximum atomic E-state index is 12.2. The molecule has 0 radical (unpaired) electrons. The standard InChI is InChI=1S/C13H23N3O3S/c1-11(16-5-3-4-6-16)8-14-20(18,19)13-7-12(10-17)15(2)9-13/h7,9,11,14,17H,3-6,8,10H2,1-2H3. The topological polar surface area (TPSA) is 74.6 Å². The summed E-state index contributed by atoms with van der Waals surface area (Å²) in [5.41, 5.74) is 0.581. The number of likely N-dealkylation sites (tertiary alicyclic amines) is 1. The minimum absolute atomic E-state index is 0.170. The SMILES string of the molecule is CC(CNS(=O)(=O)c1cc(CO)n(C)c1)N1CCCC1. The number of sulfonamides is 1. The molecule has 1 fully saturated rings. The average Bonchev–Trinajstić information content (AvgIpc) is 3.05. The molecule has 0 spiro atoms.